The van der Waals surface area contributed by atoms with E-state index in [2.05, 4.69) is 0 Å². The zero-order chi connectivity index (χ0) is 15.2. The summed E-state index contributed by atoms with van der Waals surface area (Å²) in [6, 6.07) is 11.4. The number of hydrogen-bond acceptors (Lipinski definition) is 3. The van der Waals surface area contributed by atoms with Gasteiger partial charge in [0.25, 0.3) is 0 Å². The molecule has 0 aromatic heterocycles. The van der Waals surface area contributed by atoms with Crippen LogP contribution in [0.15, 0.2) is 48.5 Å². The van der Waals surface area contributed by atoms with Gasteiger partial charge in [0.15, 0.2) is 6.61 Å². The van der Waals surface area contributed by atoms with E-state index in [1.165, 1.54) is 0 Å². The van der Waals surface area contributed by atoms with Crippen molar-refractivity contribution >= 4 is 11.8 Å². The average Bonchev–Trinajstić information content (AvgIpc) is 2.48. The van der Waals surface area contributed by atoms with Crippen molar-refractivity contribution in [2.75, 3.05) is 6.61 Å². The molecule has 0 aliphatic rings. The predicted octanol–water partition coefficient (Wildman–Crippen LogP) is 2.93. The molecule has 0 amide bonds. The standard InChI is InChI=1S/C16H12F2O3/c17-12-6-7-14(18)13(9-12)15(19)10-21-16(20)8-11-4-2-1-3-5-11/h1-7,9H,8,10H2. The van der Waals surface area contributed by atoms with E-state index >= 15 is 0 Å². The van der Waals surface area contributed by atoms with Crippen molar-refractivity contribution in [3.63, 3.8) is 0 Å². The molecular weight excluding hydrogens is 278 g/mol. The highest BCUT2D eigenvalue weighted by Crippen LogP contribution is 2.11. The van der Waals surface area contributed by atoms with Crippen molar-refractivity contribution in [1.29, 1.82) is 0 Å². The Kier molecular flexibility index (Phi) is 4.77. The van der Waals surface area contributed by atoms with Crippen LogP contribution in [0.3, 0.4) is 0 Å². The third-order valence-corrected chi connectivity index (χ3v) is 2.78. The molecule has 21 heavy (non-hydrogen) atoms. The molecule has 5 heteroatoms. The first-order valence-electron chi connectivity index (χ1n) is 6.24. The second-order valence-corrected chi connectivity index (χ2v) is 4.37. The normalized spacial score (nSPS) is 10.2. The largest absolute Gasteiger partial charge is 0.457 e. The summed E-state index contributed by atoms with van der Waals surface area (Å²) in [6.45, 7) is -0.619. The highest BCUT2D eigenvalue weighted by atomic mass is 19.1. The molecule has 0 unspecified atom stereocenters. The second kappa shape index (κ2) is 6.74. The van der Waals surface area contributed by atoms with Gasteiger partial charge in [-0.1, -0.05) is 30.3 Å². The zero-order valence-corrected chi connectivity index (χ0v) is 11.0. The maximum Gasteiger partial charge on any atom is 0.310 e. The molecule has 2 aromatic rings. The van der Waals surface area contributed by atoms with Crippen molar-refractivity contribution in [2.45, 2.75) is 6.42 Å². The lowest BCUT2D eigenvalue weighted by molar-refractivity contribution is -0.141. The SMILES string of the molecule is O=C(Cc1ccccc1)OCC(=O)c1cc(F)ccc1F. The molecular formula is C16H12F2O3. The summed E-state index contributed by atoms with van der Waals surface area (Å²) in [4.78, 5) is 23.2. The summed E-state index contributed by atoms with van der Waals surface area (Å²) in [6.07, 6.45) is 0.0136. The van der Waals surface area contributed by atoms with Gasteiger partial charge in [0.05, 0.1) is 12.0 Å². The van der Waals surface area contributed by atoms with E-state index in [9.17, 15) is 18.4 Å². The fourth-order valence-corrected chi connectivity index (χ4v) is 1.75. The Morgan fingerprint density at radius 3 is 2.43 bits per heavy atom. The number of hydrogen-bond donors (Lipinski definition) is 0. The van der Waals surface area contributed by atoms with Gasteiger partial charge in [-0.05, 0) is 23.8 Å². The summed E-state index contributed by atoms with van der Waals surface area (Å²) in [5.74, 6) is -2.96. The van der Waals surface area contributed by atoms with Gasteiger partial charge in [-0.25, -0.2) is 8.78 Å². The number of carbonyl (C=O) groups excluding carboxylic acids is 2. The molecule has 0 N–H and O–H groups in total. The Morgan fingerprint density at radius 1 is 1.00 bits per heavy atom. The second-order valence-electron chi connectivity index (χ2n) is 4.37. The van der Waals surface area contributed by atoms with Crippen LogP contribution in [0.5, 0.6) is 0 Å². The molecule has 0 saturated heterocycles. The third kappa shape index (κ3) is 4.21. The highest BCUT2D eigenvalue weighted by molar-refractivity contribution is 5.98. The van der Waals surface area contributed by atoms with Crippen molar-refractivity contribution in [2.24, 2.45) is 0 Å². The van der Waals surface area contributed by atoms with Crippen LogP contribution in [0.2, 0.25) is 0 Å². The number of halogens is 2. The Morgan fingerprint density at radius 2 is 1.71 bits per heavy atom. The van der Waals surface area contributed by atoms with E-state index in [0.717, 1.165) is 23.8 Å². The first kappa shape index (κ1) is 14.8. The number of ether oxygens (including phenoxy) is 1. The lowest BCUT2D eigenvalue weighted by Gasteiger charge is -2.05. The van der Waals surface area contributed by atoms with Crippen molar-refractivity contribution < 1.29 is 23.1 Å². The monoisotopic (exact) mass is 290 g/mol. The summed E-state index contributed by atoms with van der Waals surface area (Å²) < 4.78 is 31.1. The van der Waals surface area contributed by atoms with Gasteiger partial charge in [0.2, 0.25) is 5.78 Å². The van der Waals surface area contributed by atoms with Crippen LogP contribution in [-0.2, 0) is 16.0 Å². The summed E-state index contributed by atoms with van der Waals surface area (Å²) in [5, 5.41) is 0. The quantitative estimate of drug-likeness (QED) is 0.628. The summed E-state index contributed by atoms with van der Waals surface area (Å²) in [7, 11) is 0. The lowest BCUT2D eigenvalue weighted by atomic mass is 10.1. The molecule has 0 spiro atoms. The highest BCUT2D eigenvalue weighted by Gasteiger charge is 2.15. The molecule has 3 nitrogen and oxygen atoms in total. The Hall–Kier alpha value is -2.56. The fourth-order valence-electron chi connectivity index (χ4n) is 1.75. The van der Waals surface area contributed by atoms with Crippen molar-refractivity contribution in [1.82, 2.24) is 0 Å². The van der Waals surface area contributed by atoms with Crippen molar-refractivity contribution in [3.05, 3.63) is 71.3 Å². The predicted molar refractivity (Wildman–Crippen MR) is 71.8 cm³/mol. The summed E-state index contributed by atoms with van der Waals surface area (Å²) >= 11 is 0. The van der Waals surface area contributed by atoms with Crippen LogP contribution in [0.25, 0.3) is 0 Å². The van der Waals surface area contributed by atoms with Gasteiger partial charge in [0.1, 0.15) is 11.6 Å². The molecule has 2 aromatic carbocycles. The first-order valence-corrected chi connectivity index (χ1v) is 6.24. The van der Waals surface area contributed by atoms with E-state index < -0.39 is 35.6 Å². The van der Waals surface area contributed by atoms with E-state index in [0.29, 0.717) is 0 Å². The Labute approximate surface area is 120 Å². The van der Waals surface area contributed by atoms with E-state index in [-0.39, 0.29) is 6.42 Å². The van der Waals surface area contributed by atoms with Crippen molar-refractivity contribution in [3.8, 4) is 0 Å². The first-order chi connectivity index (χ1) is 10.1. The molecule has 0 saturated carbocycles. The molecule has 0 radical (unpaired) electrons. The molecule has 108 valence electrons. The molecule has 0 aliphatic heterocycles. The van der Waals surface area contributed by atoms with Crippen LogP contribution < -0.4 is 0 Å². The van der Waals surface area contributed by atoms with Gasteiger partial charge in [-0.3, -0.25) is 9.59 Å². The molecule has 0 heterocycles. The van der Waals surface area contributed by atoms with Gasteiger partial charge >= 0.3 is 5.97 Å². The number of ketones is 1. The average molecular weight is 290 g/mol. The van der Waals surface area contributed by atoms with Gasteiger partial charge in [0, 0.05) is 0 Å². The topological polar surface area (TPSA) is 43.4 Å². The van der Waals surface area contributed by atoms with Crippen LogP contribution in [0.1, 0.15) is 15.9 Å². The van der Waals surface area contributed by atoms with Crippen LogP contribution >= 0.6 is 0 Å². The van der Waals surface area contributed by atoms with E-state index in [1.807, 2.05) is 6.07 Å². The number of rotatable bonds is 5. The molecule has 0 fully saturated rings. The third-order valence-electron chi connectivity index (χ3n) is 2.78. The molecule has 0 aliphatic carbocycles. The van der Waals surface area contributed by atoms with Gasteiger partial charge in [-0.15, -0.1) is 0 Å². The zero-order valence-electron chi connectivity index (χ0n) is 11.0. The van der Waals surface area contributed by atoms with Crippen LogP contribution in [-0.4, -0.2) is 18.4 Å². The van der Waals surface area contributed by atoms with Crippen LogP contribution in [0.4, 0.5) is 8.78 Å². The van der Waals surface area contributed by atoms with Gasteiger partial charge in [-0.2, -0.15) is 0 Å². The molecule has 2 rings (SSSR count). The Balaban J connectivity index is 1.92. The number of carbonyl (C=O) groups is 2. The maximum atomic E-state index is 13.4. The van der Waals surface area contributed by atoms with Crippen LogP contribution in [0, 0.1) is 11.6 Å². The maximum absolute atomic E-state index is 13.4. The minimum atomic E-state index is -0.847. The van der Waals surface area contributed by atoms with Gasteiger partial charge < -0.3 is 4.74 Å². The number of benzene rings is 2. The molecule has 0 bridgehead atoms. The fraction of sp³-hybridized carbons (Fsp3) is 0.125. The van der Waals surface area contributed by atoms with E-state index in [4.69, 9.17) is 4.74 Å². The lowest BCUT2D eigenvalue weighted by Crippen LogP contribution is -2.16. The molecule has 0 atom stereocenters. The smallest absolute Gasteiger partial charge is 0.310 e. The van der Waals surface area contributed by atoms with E-state index in [1.54, 1.807) is 24.3 Å². The number of Topliss-reactive ketones (excluding diaryl/α,β-unsaturated/α-hetero) is 1. The Bertz CT molecular complexity index is 654. The summed E-state index contributed by atoms with van der Waals surface area (Å²) in [5.41, 5.74) is 0.314. The minimum absolute atomic E-state index is 0.0136. The minimum Gasteiger partial charge on any atom is -0.457 e. The number of esters is 1.